The van der Waals surface area contributed by atoms with Crippen LogP contribution < -0.4 is 5.32 Å². The van der Waals surface area contributed by atoms with Crippen molar-refractivity contribution in [3.63, 3.8) is 0 Å². The number of hydrogen-bond donors (Lipinski definition) is 2. The molecule has 2 N–H and O–H groups in total. The lowest BCUT2D eigenvalue weighted by molar-refractivity contribution is 0.191. The largest absolute Gasteiger partial charge is 0.386 e. The minimum Gasteiger partial charge on any atom is -0.386 e. The number of imidazole rings is 1. The van der Waals surface area contributed by atoms with E-state index in [0.29, 0.717) is 11.7 Å². The molecule has 0 amide bonds. The average molecular weight is 358 g/mol. The van der Waals surface area contributed by atoms with E-state index in [1.165, 1.54) is 23.5 Å². The number of aliphatic hydroxyl groups excluding tert-OH is 1. The lowest BCUT2D eigenvalue weighted by atomic mass is 10.2. The molecule has 1 aromatic carbocycles. The number of aromatic nitrogens is 5. The normalized spacial score (nSPS) is 12.6. The Morgan fingerprint density at radius 2 is 2.08 bits per heavy atom. The highest BCUT2D eigenvalue weighted by Gasteiger charge is 2.13. The van der Waals surface area contributed by atoms with Gasteiger partial charge in [-0.3, -0.25) is 4.68 Å². The van der Waals surface area contributed by atoms with Crippen molar-refractivity contribution in [1.29, 1.82) is 0 Å². The zero-order valence-electron chi connectivity index (χ0n) is 13.3. The Bertz CT molecular complexity index is 974. The SMILES string of the molecule is Cn1cc(C(O)CNc2nn3cc(-c4ccc(F)cc4)nc3s2)cn1. The van der Waals surface area contributed by atoms with Crippen LogP contribution in [0.25, 0.3) is 16.2 Å². The van der Waals surface area contributed by atoms with E-state index < -0.39 is 6.10 Å². The van der Waals surface area contributed by atoms with E-state index in [1.54, 1.807) is 47.0 Å². The van der Waals surface area contributed by atoms with E-state index in [2.05, 4.69) is 20.5 Å². The maximum absolute atomic E-state index is 13.0. The topological polar surface area (TPSA) is 80.3 Å². The maximum atomic E-state index is 13.0. The van der Waals surface area contributed by atoms with Crippen LogP contribution >= 0.6 is 11.3 Å². The third kappa shape index (κ3) is 3.24. The number of rotatable bonds is 5. The van der Waals surface area contributed by atoms with Gasteiger partial charge in [0.05, 0.1) is 24.2 Å². The van der Waals surface area contributed by atoms with Crippen LogP contribution in [0.3, 0.4) is 0 Å². The van der Waals surface area contributed by atoms with Crippen LogP contribution in [0.15, 0.2) is 42.9 Å². The quantitative estimate of drug-likeness (QED) is 0.573. The molecule has 128 valence electrons. The van der Waals surface area contributed by atoms with Gasteiger partial charge in [-0.2, -0.15) is 5.10 Å². The van der Waals surface area contributed by atoms with Crippen molar-refractivity contribution in [2.24, 2.45) is 7.05 Å². The fourth-order valence-corrected chi connectivity index (χ4v) is 3.23. The molecule has 4 rings (SSSR count). The molecule has 3 aromatic heterocycles. The van der Waals surface area contributed by atoms with Crippen LogP contribution in [-0.2, 0) is 7.05 Å². The molecule has 0 fully saturated rings. The molecule has 0 saturated carbocycles. The molecule has 1 atom stereocenters. The number of aryl methyl sites for hydroxylation is 1. The second-order valence-corrected chi connectivity index (χ2v) is 6.57. The van der Waals surface area contributed by atoms with Crippen LogP contribution in [0.5, 0.6) is 0 Å². The molecule has 0 bridgehead atoms. The number of fused-ring (bicyclic) bond motifs is 1. The van der Waals surface area contributed by atoms with Crippen LogP contribution in [0.1, 0.15) is 11.7 Å². The van der Waals surface area contributed by atoms with Gasteiger partial charge in [-0.15, -0.1) is 5.10 Å². The summed E-state index contributed by atoms with van der Waals surface area (Å²) >= 11 is 1.38. The fourth-order valence-electron chi connectivity index (χ4n) is 2.45. The predicted octanol–water partition coefficient (Wildman–Crippen LogP) is 2.48. The molecule has 0 radical (unpaired) electrons. The predicted molar refractivity (Wildman–Crippen MR) is 92.9 cm³/mol. The lowest BCUT2D eigenvalue weighted by Crippen LogP contribution is -2.11. The summed E-state index contributed by atoms with van der Waals surface area (Å²) in [5, 5.41) is 22.4. The molecular weight excluding hydrogens is 343 g/mol. The van der Waals surface area contributed by atoms with Crippen molar-refractivity contribution < 1.29 is 9.50 Å². The van der Waals surface area contributed by atoms with E-state index in [0.717, 1.165) is 21.8 Å². The standard InChI is InChI=1S/C16H15FN6OS/c1-22-8-11(6-19-22)14(24)7-18-15-21-23-9-13(20-16(23)25-15)10-2-4-12(17)5-3-10/h2-6,8-9,14,24H,7H2,1H3,(H,18,21). The Morgan fingerprint density at radius 3 is 2.76 bits per heavy atom. The molecule has 0 spiro atoms. The van der Waals surface area contributed by atoms with Gasteiger partial charge in [0.2, 0.25) is 10.1 Å². The average Bonchev–Trinajstić information content (AvgIpc) is 3.27. The number of hydrogen-bond acceptors (Lipinski definition) is 6. The van der Waals surface area contributed by atoms with E-state index in [1.807, 2.05) is 0 Å². The Hall–Kier alpha value is -2.78. The highest BCUT2D eigenvalue weighted by atomic mass is 32.1. The van der Waals surface area contributed by atoms with Crippen LogP contribution in [0.2, 0.25) is 0 Å². The first kappa shape index (κ1) is 15.7. The van der Waals surface area contributed by atoms with Gasteiger partial charge in [-0.05, 0) is 24.3 Å². The van der Waals surface area contributed by atoms with E-state index in [9.17, 15) is 9.50 Å². The van der Waals surface area contributed by atoms with Gasteiger partial charge >= 0.3 is 0 Å². The smallest absolute Gasteiger partial charge is 0.214 e. The Balaban J connectivity index is 1.47. The molecule has 0 saturated heterocycles. The zero-order valence-corrected chi connectivity index (χ0v) is 14.1. The van der Waals surface area contributed by atoms with Gasteiger partial charge in [-0.1, -0.05) is 11.3 Å². The lowest BCUT2D eigenvalue weighted by Gasteiger charge is -2.08. The molecule has 7 nitrogen and oxygen atoms in total. The Labute approximate surface area is 146 Å². The number of nitrogens with one attached hydrogen (secondary N) is 1. The third-order valence-electron chi connectivity index (χ3n) is 3.74. The number of anilines is 1. The summed E-state index contributed by atoms with van der Waals surface area (Å²) in [7, 11) is 1.80. The van der Waals surface area contributed by atoms with Gasteiger partial charge in [0.1, 0.15) is 5.82 Å². The summed E-state index contributed by atoms with van der Waals surface area (Å²) in [6, 6.07) is 6.18. The van der Waals surface area contributed by atoms with Crippen LogP contribution in [-0.4, -0.2) is 36.0 Å². The van der Waals surface area contributed by atoms with Gasteiger partial charge in [0.15, 0.2) is 0 Å². The summed E-state index contributed by atoms with van der Waals surface area (Å²) in [5.74, 6) is -0.276. The summed E-state index contributed by atoms with van der Waals surface area (Å²) in [6.45, 7) is 0.327. The first-order valence-electron chi connectivity index (χ1n) is 7.61. The highest BCUT2D eigenvalue weighted by molar-refractivity contribution is 7.20. The highest BCUT2D eigenvalue weighted by Crippen LogP contribution is 2.25. The third-order valence-corrected chi connectivity index (χ3v) is 4.62. The summed E-state index contributed by atoms with van der Waals surface area (Å²) < 4.78 is 16.3. The van der Waals surface area contributed by atoms with Crippen molar-refractivity contribution in [3.8, 4) is 11.3 Å². The summed E-state index contributed by atoms with van der Waals surface area (Å²) in [6.07, 6.45) is 4.54. The summed E-state index contributed by atoms with van der Waals surface area (Å²) in [4.78, 5) is 5.22. The number of aliphatic hydroxyl groups is 1. The van der Waals surface area contributed by atoms with Gasteiger partial charge in [0, 0.05) is 30.9 Å². The molecular formula is C16H15FN6OS. The van der Waals surface area contributed by atoms with E-state index in [-0.39, 0.29) is 5.82 Å². The van der Waals surface area contributed by atoms with E-state index >= 15 is 0 Å². The second-order valence-electron chi connectivity index (χ2n) is 5.61. The Kier molecular flexibility index (Phi) is 3.94. The minimum absolute atomic E-state index is 0.276. The van der Waals surface area contributed by atoms with Crippen molar-refractivity contribution in [1.82, 2.24) is 24.4 Å². The van der Waals surface area contributed by atoms with Gasteiger partial charge < -0.3 is 10.4 Å². The molecule has 4 aromatic rings. The number of halogens is 1. The molecule has 0 aliphatic rings. The van der Waals surface area contributed by atoms with Crippen molar-refractivity contribution >= 4 is 21.4 Å². The number of benzene rings is 1. The molecule has 0 aliphatic heterocycles. The maximum Gasteiger partial charge on any atom is 0.214 e. The molecule has 3 heterocycles. The molecule has 25 heavy (non-hydrogen) atoms. The van der Waals surface area contributed by atoms with Gasteiger partial charge in [0.25, 0.3) is 0 Å². The van der Waals surface area contributed by atoms with Crippen LogP contribution in [0.4, 0.5) is 9.52 Å². The van der Waals surface area contributed by atoms with Crippen molar-refractivity contribution in [2.45, 2.75) is 6.10 Å². The van der Waals surface area contributed by atoms with Crippen molar-refractivity contribution in [3.05, 3.63) is 54.2 Å². The van der Waals surface area contributed by atoms with Crippen molar-refractivity contribution in [2.75, 3.05) is 11.9 Å². The first-order valence-corrected chi connectivity index (χ1v) is 8.43. The number of nitrogens with zero attached hydrogens (tertiary/aromatic N) is 5. The van der Waals surface area contributed by atoms with Crippen LogP contribution in [0, 0.1) is 5.82 Å². The minimum atomic E-state index is -0.667. The van der Waals surface area contributed by atoms with E-state index in [4.69, 9.17) is 0 Å². The Morgan fingerprint density at radius 1 is 1.28 bits per heavy atom. The molecule has 9 heteroatoms. The fraction of sp³-hybridized carbons (Fsp3) is 0.188. The second kappa shape index (κ2) is 6.26. The molecule has 1 unspecified atom stereocenters. The first-order chi connectivity index (χ1) is 12.1. The zero-order chi connectivity index (χ0) is 17.4. The van der Waals surface area contributed by atoms with Gasteiger partial charge in [-0.25, -0.2) is 13.9 Å². The summed E-state index contributed by atoms with van der Waals surface area (Å²) in [5.41, 5.74) is 2.32. The monoisotopic (exact) mass is 358 g/mol. The molecule has 0 aliphatic carbocycles.